The molecule has 2 rings (SSSR count). The van der Waals surface area contributed by atoms with Crippen molar-refractivity contribution in [3.8, 4) is 0 Å². The lowest BCUT2D eigenvalue weighted by atomic mass is 9.95. The maximum Gasteiger partial charge on any atom is 0.0414 e. The van der Waals surface area contributed by atoms with Gasteiger partial charge in [0.1, 0.15) is 0 Å². The van der Waals surface area contributed by atoms with E-state index in [-0.39, 0.29) is 0 Å². The van der Waals surface area contributed by atoms with Crippen molar-refractivity contribution in [2.45, 2.75) is 45.6 Å². The number of nitrogens with zero attached hydrogens (tertiary/aromatic N) is 1. The second-order valence-corrected chi connectivity index (χ2v) is 6.08. The summed E-state index contributed by atoms with van der Waals surface area (Å²) in [4.78, 5) is 2.57. The lowest BCUT2D eigenvalue weighted by Gasteiger charge is -2.33. The van der Waals surface area contributed by atoms with Crippen LogP contribution in [0.3, 0.4) is 0 Å². The molecule has 1 fully saturated rings. The van der Waals surface area contributed by atoms with Crippen molar-refractivity contribution >= 4 is 5.69 Å². The monoisotopic (exact) mass is 260 g/mol. The number of piperidine rings is 1. The molecule has 2 nitrogen and oxygen atoms in total. The van der Waals surface area contributed by atoms with E-state index in [1.54, 1.807) is 0 Å². The van der Waals surface area contributed by atoms with Crippen LogP contribution in [0.15, 0.2) is 24.3 Å². The van der Waals surface area contributed by atoms with Gasteiger partial charge in [-0.2, -0.15) is 0 Å². The van der Waals surface area contributed by atoms with Crippen LogP contribution in [0, 0.1) is 5.92 Å². The fourth-order valence-corrected chi connectivity index (χ4v) is 3.08. The summed E-state index contributed by atoms with van der Waals surface area (Å²) in [5, 5.41) is 3.50. The number of anilines is 1. The van der Waals surface area contributed by atoms with Crippen molar-refractivity contribution in [2.75, 3.05) is 25.0 Å². The number of nitrogens with one attached hydrogen (secondary N) is 1. The summed E-state index contributed by atoms with van der Waals surface area (Å²) in [5.74, 6) is 0.715. The Hall–Kier alpha value is -1.02. The van der Waals surface area contributed by atoms with Gasteiger partial charge in [-0.15, -0.1) is 0 Å². The third-order valence-electron chi connectivity index (χ3n) is 4.06. The average Bonchev–Trinajstić information content (AvgIpc) is 2.45. The Morgan fingerprint density at radius 1 is 1.11 bits per heavy atom. The molecule has 2 heteroatoms. The zero-order valence-electron chi connectivity index (χ0n) is 12.7. The summed E-state index contributed by atoms with van der Waals surface area (Å²) in [6.07, 6.45) is 5.26. The van der Waals surface area contributed by atoms with Gasteiger partial charge in [0.25, 0.3) is 0 Å². The predicted octanol–water partition coefficient (Wildman–Crippen LogP) is 3.98. The highest BCUT2D eigenvalue weighted by Crippen LogP contribution is 2.31. The highest BCUT2D eigenvalue weighted by Gasteiger charge is 2.19. The van der Waals surface area contributed by atoms with Crippen molar-refractivity contribution in [3.05, 3.63) is 29.8 Å². The highest BCUT2D eigenvalue weighted by atomic mass is 15.1. The topological polar surface area (TPSA) is 15.3 Å². The van der Waals surface area contributed by atoms with Gasteiger partial charge >= 0.3 is 0 Å². The molecule has 0 spiro atoms. The average molecular weight is 260 g/mol. The molecule has 0 aliphatic carbocycles. The zero-order valence-corrected chi connectivity index (χ0v) is 12.7. The Kier molecular flexibility index (Phi) is 5.26. The van der Waals surface area contributed by atoms with Gasteiger partial charge in [-0.3, -0.25) is 0 Å². The third-order valence-corrected chi connectivity index (χ3v) is 4.06. The third kappa shape index (κ3) is 3.73. The van der Waals surface area contributed by atoms with E-state index in [4.69, 9.17) is 0 Å². The molecule has 1 aromatic carbocycles. The maximum atomic E-state index is 3.50. The van der Waals surface area contributed by atoms with E-state index >= 15 is 0 Å². The SMILES string of the molecule is CN[C@@H](CC(C)C)c1ccccc1N1CCCCC1. The van der Waals surface area contributed by atoms with E-state index in [1.807, 2.05) is 0 Å². The van der Waals surface area contributed by atoms with Crippen molar-refractivity contribution in [3.63, 3.8) is 0 Å². The molecule has 1 aliphatic rings. The number of hydrogen-bond acceptors (Lipinski definition) is 2. The van der Waals surface area contributed by atoms with E-state index in [0.29, 0.717) is 12.0 Å². The molecular weight excluding hydrogens is 232 g/mol. The van der Waals surface area contributed by atoms with Crippen LogP contribution in [0.2, 0.25) is 0 Å². The summed E-state index contributed by atoms with van der Waals surface area (Å²) in [5.41, 5.74) is 2.92. The molecule has 1 saturated heterocycles. The summed E-state index contributed by atoms with van der Waals surface area (Å²) in [7, 11) is 2.08. The molecule has 0 saturated carbocycles. The fourth-order valence-electron chi connectivity index (χ4n) is 3.08. The van der Waals surface area contributed by atoms with Gasteiger partial charge in [0.15, 0.2) is 0 Å². The van der Waals surface area contributed by atoms with E-state index < -0.39 is 0 Å². The lowest BCUT2D eigenvalue weighted by molar-refractivity contribution is 0.455. The van der Waals surface area contributed by atoms with E-state index in [0.717, 1.165) is 0 Å². The number of benzene rings is 1. The Balaban J connectivity index is 2.23. The Morgan fingerprint density at radius 2 is 1.79 bits per heavy atom. The maximum absolute atomic E-state index is 3.50. The minimum Gasteiger partial charge on any atom is -0.371 e. The second-order valence-electron chi connectivity index (χ2n) is 6.08. The Bertz CT molecular complexity index is 381. The molecule has 0 bridgehead atoms. The quantitative estimate of drug-likeness (QED) is 0.861. The van der Waals surface area contributed by atoms with Gasteiger partial charge in [-0.25, -0.2) is 0 Å². The first-order valence-electron chi connectivity index (χ1n) is 7.73. The zero-order chi connectivity index (χ0) is 13.7. The molecule has 1 atom stereocenters. The Morgan fingerprint density at radius 3 is 2.42 bits per heavy atom. The summed E-state index contributed by atoms with van der Waals surface area (Å²) >= 11 is 0. The summed E-state index contributed by atoms with van der Waals surface area (Å²) in [6.45, 7) is 7.03. The molecule has 0 aromatic heterocycles. The summed E-state index contributed by atoms with van der Waals surface area (Å²) in [6, 6.07) is 9.42. The van der Waals surface area contributed by atoms with Crippen molar-refractivity contribution in [1.29, 1.82) is 0 Å². The highest BCUT2D eigenvalue weighted by molar-refractivity contribution is 5.55. The molecular formula is C17H28N2. The first kappa shape index (κ1) is 14.4. The normalized spacial score (nSPS) is 17.8. The van der Waals surface area contributed by atoms with Gasteiger partial charge in [0.05, 0.1) is 0 Å². The molecule has 106 valence electrons. The van der Waals surface area contributed by atoms with Crippen molar-refractivity contribution in [1.82, 2.24) is 5.32 Å². The van der Waals surface area contributed by atoms with E-state index in [2.05, 4.69) is 55.4 Å². The van der Waals surface area contributed by atoms with Gasteiger partial charge < -0.3 is 10.2 Å². The van der Waals surface area contributed by atoms with Crippen LogP contribution in [0.5, 0.6) is 0 Å². The molecule has 1 N–H and O–H groups in total. The molecule has 1 aliphatic heterocycles. The van der Waals surface area contributed by atoms with Crippen LogP contribution in [0.25, 0.3) is 0 Å². The van der Waals surface area contributed by atoms with Crippen molar-refractivity contribution in [2.24, 2.45) is 5.92 Å². The molecule has 0 radical (unpaired) electrons. The van der Waals surface area contributed by atoms with Gasteiger partial charge in [-0.05, 0) is 50.3 Å². The van der Waals surface area contributed by atoms with Crippen LogP contribution in [-0.4, -0.2) is 20.1 Å². The molecule has 1 heterocycles. The molecule has 0 unspecified atom stereocenters. The van der Waals surface area contributed by atoms with E-state index in [1.165, 1.54) is 50.0 Å². The first-order valence-corrected chi connectivity index (χ1v) is 7.73. The Labute approximate surface area is 118 Å². The largest absolute Gasteiger partial charge is 0.371 e. The molecule has 0 amide bonds. The molecule has 19 heavy (non-hydrogen) atoms. The fraction of sp³-hybridized carbons (Fsp3) is 0.647. The number of para-hydroxylation sites is 1. The minimum atomic E-state index is 0.470. The van der Waals surface area contributed by atoms with Gasteiger partial charge in [0, 0.05) is 24.8 Å². The van der Waals surface area contributed by atoms with Crippen molar-refractivity contribution < 1.29 is 0 Å². The van der Waals surface area contributed by atoms with Crippen LogP contribution < -0.4 is 10.2 Å². The smallest absolute Gasteiger partial charge is 0.0414 e. The van der Waals surface area contributed by atoms with Gasteiger partial charge in [-0.1, -0.05) is 32.0 Å². The lowest BCUT2D eigenvalue weighted by Crippen LogP contribution is -2.31. The number of hydrogen-bond donors (Lipinski definition) is 1. The summed E-state index contributed by atoms with van der Waals surface area (Å²) < 4.78 is 0. The number of rotatable bonds is 5. The predicted molar refractivity (Wildman–Crippen MR) is 83.8 cm³/mol. The van der Waals surface area contributed by atoms with E-state index in [9.17, 15) is 0 Å². The van der Waals surface area contributed by atoms with Crippen LogP contribution in [0.1, 0.15) is 51.1 Å². The molecule has 1 aromatic rings. The second kappa shape index (κ2) is 6.95. The van der Waals surface area contributed by atoms with Crippen LogP contribution in [0.4, 0.5) is 5.69 Å². The first-order chi connectivity index (χ1) is 9.22. The minimum absolute atomic E-state index is 0.470. The van der Waals surface area contributed by atoms with Gasteiger partial charge in [0.2, 0.25) is 0 Å². The van der Waals surface area contributed by atoms with Crippen LogP contribution in [-0.2, 0) is 0 Å². The van der Waals surface area contributed by atoms with Crippen LogP contribution >= 0.6 is 0 Å². The standard InChI is InChI=1S/C17H28N2/c1-14(2)13-16(18-3)15-9-5-6-10-17(15)19-11-7-4-8-12-19/h5-6,9-10,14,16,18H,4,7-8,11-13H2,1-3H3/t16-/m0/s1.